The second-order valence-corrected chi connectivity index (χ2v) is 3.24. The zero-order valence-electron chi connectivity index (χ0n) is 8.44. The monoisotopic (exact) mass is 199 g/mol. The smallest absolute Gasteiger partial charge is 0.229 e. The second kappa shape index (κ2) is 5.42. The van der Waals surface area contributed by atoms with Crippen LogP contribution >= 0.6 is 0 Å². The van der Waals surface area contributed by atoms with Crippen LogP contribution in [0.25, 0.3) is 0 Å². The molecule has 1 heterocycles. The van der Waals surface area contributed by atoms with Crippen LogP contribution in [0.3, 0.4) is 0 Å². The Kier molecular flexibility index (Phi) is 4.16. The average molecular weight is 199 g/mol. The summed E-state index contributed by atoms with van der Waals surface area (Å²) in [6, 6.07) is 2.78. The van der Waals surface area contributed by atoms with Gasteiger partial charge in [0.25, 0.3) is 0 Å². The molecule has 0 bridgehead atoms. The molecule has 14 heavy (non-hydrogen) atoms. The van der Waals surface area contributed by atoms with Gasteiger partial charge in [-0.05, 0) is 12.8 Å². The molecular weight excluding hydrogens is 182 g/mol. The molecule has 0 fully saturated rings. The van der Waals surface area contributed by atoms with Gasteiger partial charge in [0.1, 0.15) is 6.61 Å². The van der Waals surface area contributed by atoms with Crippen molar-refractivity contribution in [2.24, 2.45) is 0 Å². The molecule has 1 aromatic rings. The molecule has 0 atom stereocenters. The summed E-state index contributed by atoms with van der Waals surface area (Å²) in [5.41, 5.74) is 0. The van der Waals surface area contributed by atoms with E-state index >= 15 is 0 Å². The topological polar surface area (TPSA) is 54.6 Å². The molecule has 2 N–H and O–H groups in total. The van der Waals surface area contributed by atoms with E-state index in [0.717, 1.165) is 17.6 Å². The minimum absolute atomic E-state index is 0.0713. The summed E-state index contributed by atoms with van der Waals surface area (Å²) in [6.07, 6.45) is 4.41. The van der Waals surface area contributed by atoms with Crippen LogP contribution in [0.2, 0.25) is 0 Å². The van der Waals surface area contributed by atoms with Crippen LogP contribution in [0, 0.1) is 0 Å². The molecule has 1 rings (SSSR count). The fourth-order valence-corrected chi connectivity index (χ4v) is 1.22. The first-order valence-electron chi connectivity index (χ1n) is 4.98. The Morgan fingerprint density at radius 2 is 1.79 bits per heavy atom. The van der Waals surface area contributed by atoms with Crippen molar-refractivity contribution in [3.05, 3.63) is 12.1 Å². The molecule has 0 radical (unpaired) electrons. The predicted octanol–water partition coefficient (Wildman–Crippen LogP) is 1.91. The fourth-order valence-electron chi connectivity index (χ4n) is 1.22. The number of hydrogen-bond donors (Lipinski definition) is 2. The largest absolute Gasteiger partial charge is 0.492 e. The van der Waals surface area contributed by atoms with E-state index in [9.17, 15) is 10.2 Å². The predicted molar refractivity (Wildman–Crippen MR) is 53.4 cm³/mol. The third kappa shape index (κ3) is 2.87. The summed E-state index contributed by atoms with van der Waals surface area (Å²) >= 11 is 0. The van der Waals surface area contributed by atoms with Gasteiger partial charge in [0, 0.05) is 12.1 Å². The van der Waals surface area contributed by atoms with Crippen molar-refractivity contribution in [1.29, 1.82) is 0 Å². The maximum atomic E-state index is 9.21. The molecule has 0 saturated heterocycles. The highest BCUT2D eigenvalue weighted by Crippen LogP contribution is 2.18. The third-order valence-electron chi connectivity index (χ3n) is 2.02. The first-order valence-corrected chi connectivity index (χ1v) is 4.98. The van der Waals surface area contributed by atoms with Gasteiger partial charge in [-0.1, -0.05) is 19.8 Å². The summed E-state index contributed by atoms with van der Waals surface area (Å²) in [4.78, 5) is 5.17. The molecule has 0 aliphatic rings. The van der Waals surface area contributed by atoms with Gasteiger partial charge in [-0.3, -0.25) is 0 Å². The Bertz CT molecular complexity index is 251. The highest BCUT2D eigenvalue weighted by atomic mass is 16.7. The molecule has 0 spiro atoms. The summed E-state index contributed by atoms with van der Waals surface area (Å²) in [6.45, 7) is 2.65. The van der Waals surface area contributed by atoms with Gasteiger partial charge in [0.15, 0.2) is 0 Å². The molecule has 0 unspecified atom stereocenters. The zero-order chi connectivity index (χ0) is 10.4. The van der Waals surface area contributed by atoms with E-state index in [-0.39, 0.29) is 11.8 Å². The molecule has 0 saturated carbocycles. The van der Waals surface area contributed by atoms with Crippen LogP contribution in [0.15, 0.2) is 12.1 Å². The summed E-state index contributed by atoms with van der Waals surface area (Å²) in [7, 11) is 0. The maximum absolute atomic E-state index is 9.21. The molecule has 4 heteroatoms. The van der Waals surface area contributed by atoms with Crippen LogP contribution in [0.4, 0.5) is 0 Å². The lowest BCUT2D eigenvalue weighted by atomic mass is 10.2. The van der Waals surface area contributed by atoms with Crippen LogP contribution in [0.5, 0.6) is 11.8 Å². The quantitative estimate of drug-likeness (QED) is 0.688. The summed E-state index contributed by atoms with van der Waals surface area (Å²) in [5.74, 6) is -0.143. The van der Waals surface area contributed by atoms with E-state index in [2.05, 4.69) is 6.92 Å². The van der Waals surface area contributed by atoms with E-state index < -0.39 is 0 Å². The van der Waals surface area contributed by atoms with Gasteiger partial charge in [0.05, 0.1) is 0 Å². The SMILES string of the molecule is CCCCCCOn1c(O)ccc1O. The van der Waals surface area contributed by atoms with Gasteiger partial charge >= 0.3 is 0 Å². The second-order valence-electron chi connectivity index (χ2n) is 3.24. The molecule has 0 amide bonds. The van der Waals surface area contributed by atoms with Crippen LogP contribution in [-0.4, -0.2) is 21.6 Å². The Hall–Kier alpha value is -1.32. The van der Waals surface area contributed by atoms with E-state index in [4.69, 9.17) is 4.84 Å². The van der Waals surface area contributed by atoms with Crippen molar-refractivity contribution in [3.8, 4) is 11.8 Å². The molecule has 1 aromatic heterocycles. The van der Waals surface area contributed by atoms with Gasteiger partial charge in [-0.2, -0.15) is 0 Å². The first kappa shape index (κ1) is 10.8. The number of aromatic nitrogens is 1. The van der Waals surface area contributed by atoms with Crippen molar-refractivity contribution in [2.45, 2.75) is 32.6 Å². The Balaban J connectivity index is 2.24. The van der Waals surface area contributed by atoms with E-state index in [1.54, 1.807) is 0 Å². The molecule has 0 aliphatic carbocycles. The minimum atomic E-state index is -0.0713. The molecule has 4 nitrogen and oxygen atoms in total. The first-order chi connectivity index (χ1) is 6.75. The molecular formula is C10H17NO3. The van der Waals surface area contributed by atoms with Crippen molar-refractivity contribution in [3.63, 3.8) is 0 Å². The summed E-state index contributed by atoms with van der Waals surface area (Å²) in [5, 5.41) is 18.4. The van der Waals surface area contributed by atoms with Gasteiger partial charge in [-0.25, -0.2) is 0 Å². The van der Waals surface area contributed by atoms with Crippen molar-refractivity contribution in [2.75, 3.05) is 6.61 Å². The molecule has 80 valence electrons. The van der Waals surface area contributed by atoms with Gasteiger partial charge in [0.2, 0.25) is 11.8 Å². The number of aromatic hydroxyl groups is 2. The number of hydrogen-bond acceptors (Lipinski definition) is 3. The highest BCUT2D eigenvalue weighted by Gasteiger charge is 2.05. The van der Waals surface area contributed by atoms with E-state index in [1.165, 1.54) is 25.0 Å². The highest BCUT2D eigenvalue weighted by molar-refractivity contribution is 5.21. The Labute approximate surface area is 83.7 Å². The average Bonchev–Trinajstić information content (AvgIpc) is 2.48. The fraction of sp³-hybridized carbons (Fsp3) is 0.600. The van der Waals surface area contributed by atoms with Crippen molar-refractivity contribution < 1.29 is 15.1 Å². The van der Waals surface area contributed by atoms with E-state index in [1.807, 2.05) is 0 Å². The zero-order valence-corrected chi connectivity index (χ0v) is 8.44. The third-order valence-corrected chi connectivity index (χ3v) is 2.02. The molecule has 0 aliphatic heterocycles. The lowest BCUT2D eigenvalue weighted by Gasteiger charge is -2.08. The molecule has 0 aromatic carbocycles. The standard InChI is InChI=1S/C10H17NO3/c1-2-3-4-5-8-14-11-9(12)6-7-10(11)13/h6-7,12-13H,2-5,8H2,1H3. The lowest BCUT2D eigenvalue weighted by Crippen LogP contribution is -2.11. The Morgan fingerprint density at radius 1 is 1.14 bits per heavy atom. The van der Waals surface area contributed by atoms with Crippen molar-refractivity contribution >= 4 is 0 Å². The van der Waals surface area contributed by atoms with Crippen molar-refractivity contribution in [1.82, 2.24) is 4.73 Å². The number of rotatable bonds is 6. The number of nitrogens with zero attached hydrogens (tertiary/aromatic N) is 1. The van der Waals surface area contributed by atoms with Crippen LogP contribution in [-0.2, 0) is 0 Å². The summed E-state index contributed by atoms with van der Waals surface area (Å²) < 4.78 is 1.03. The van der Waals surface area contributed by atoms with Crippen LogP contribution < -0.4 is 4.84 Å². The number of unbranched alkanes of at least 4 members (excludes halogenated alkanes) is 3. The lowest BCUT2D eigenvalue weighted by molar-refractivity contribution is 0.0728. The minimum Gasteiger partial charge on any atom is -0.492 e. The Morgan fingerprint density at radius 3 is 2.36 bits per heavy atom. The maximum Gasteiger partial charge on any atom is 0.229 e. The van der Waals surface area contributed by atoms with Gasteiger partial charge in [-0.15, -0.1) is 4.73 Å². The van der Waals surface area contributed by atoms with Crippen LogP contribution in [0.1, 0.15) is 32.6 Å². The normalized spacial score (nSPS) is 10.4. The van der Waals surface area contributed by atoms with Gasteiger partial charge < -0.3 is 15.1 Å². The van der Waals surface area contributed by atoms with E-state index in [0.29, 0.717) is 6.61 Å².